The van der Waals surface area contributed by atoms with Gasteiger partial charge in [-0.3, -0.25) is 9.59 Å². The minimum absolute atomic E-state index is 0.245. The van der Waals surface area contributed by atoms with Crippen LogP contribution in [0.4, 0.5) is 10.1 Å². The van der Waals surface area contributed by atoms with E-state index in [-0.39, 0.29) is 6.54 Å². The van der Waals surface area contributed by atoms with Gasteiger partial charge in [0.1, 0.15) is 11.6 Å². The second-order valence-corrected chi connectivity index (χ2v) is 6.22. The van der Waals surface area contributed by atoms with E-state index in [4.69, 9.17) is 9.47 Å². The number of halogens is 1. The molecular formula is C22H23FN2O5. The summed E-state index contributed by atoms with van der Waals surface area (Å²) in [6.45, 7) is 1.60. The number of anilines is 1. The molecule has 1 N–H and O–H groups in total. The molecule has 158 valence electrons. The number of ether oxygens (including phenoxy) is 2. The summed E-state index contributed by atoms with van der Waals surface area (Å²) in [5.74, 6) is -1.49. The molecule has 2 amide bonds. The predicted octanol–water partition coefficient (Wildman–Crippen LogP) is 2.88. The van der Waals surface area contributed by atoms with Crippen LogP contribution in [0.3, 0.4) is 0 Å². The molecule has 0 unspecified atom stereocenters. The Hall–Kier alpha value is -3.68. The maximum Gasteiger partial charge on any atom is 0.331 e. The van der Waals surface area contributed by atoms with Crippen LogP contribution in [0, 0.1) is 5.82 Å². The lowest BCUT2D eigenvalue weighted by Crippen LogP contribution is -2.37. The van der Waals surface area contributed by atoms with Crippen molar-refractivity contribution in [2.24, 2.45) is 0 Å². The van der Waals surface area contributed by atoms with Gasteiger partial charge in [0, 0.05) is 24.4 Å². The number of hydrogen-bond acceptors (Lipinski definition) is 5. The SMILES string of the molecule is CCOc1ccccc1/C=C/C(=O)OCC(=O)N(C)CC(=O)Nc1ccc(F)cc1. The first-order valence-electron chi connectivity index (χ1n) is 9.25. The van der Waals surface area contributed by atoms with Crippen molar-refractivity contribution in [3.05, 3.63) is 66.0 Å². The fourth-order valence-electron chi connectivity index (χ4n) is 2.39. The molecule has 0 bridgehead atoms. The van der Waals surface area contributed by atoms with Gasteiger partial charge in [-0.2, -0.15) is 0 Å². The average Bonchev–Trinajstić information content (AvgIpc) is 2.73. The molecule has 0 atom stereocenters. The third kappa shape index (κ3) is 7.38. The molecule has 30 heavy (non-hydrogen) atoms. The minimum Gasteiger partial charge on any atom is -0.493 e. The van der Waals surface area contributed by atoms with Gasteiger partial charge >= 0.3 is 5.97 Å². The Balaban J connectivity index is 1.79. The van der Waals surface area contributed by atoms with Crippen LogP contribution >= 0.6 is 0 Å². The highest BCUT2D eigenvalue weighted by atomic mass is 19.1. The number of nitrogens with zero attached hydrogens (tertiary/aromatic N) is 1. The molecule has 0 heterocycles. The van der Waals surface area contributed by atoms with E-state index in [1.165, 1.54) is 43.5 Å². The first-order valence-corrected chi connectivity index (χ1v) is 9.25. The molecule has 0 spiro atoms. The van der Waals surface area contributed by atoms with Gasteiger partial charge in [0.05, 0.1) is 13.2 Å². The van der Waals surface area contributed by atoms with Crippen molar-refractivity contribution in [3.63, 3.8) is 0 Å². The number of amides is 2. The van der Waals surface area contributed by atoms with Gasteiger partial charge in [0.25, 0.3) is 5.91 Å². The van der Waals surface area contributed by atoms with Crippen molar-refractivity contribution in [1.82, 2.24) is 4.90 Å². The Morgan fingerprint density at radius 3 is 2.50 bits per heavy atom. The molecule has 8 heteroatoms. The zero-order chi connectivity index (χ0) is 21.9. The predicted molar refractivity (Wildman–Crippen MR) is 110 cm³/mol. The zero-order valence-corrected chi connectivity index (χ0v) is 16.8. The largest absolute Gasteiger partial charge is 0.493 e. The molecule has 2 rings (SSSR count). The monoisotopic (exact) mass is 414 g/mol. The van der Waals surface area contributed by atoms with Gasteiger partial charge in [0.15, 0.2) is 6.61 Å². The Bertz CT molecular complexity index is 912. The van der Waals surface area contributed by atoms with E-state index in [0.717, 1.165) is 4.90 Å². The normalized spacial score (nSPS) is 10.5. The number of carbonyl (C=O) groups excluding carboxylic acids is 3. The highest BCUT2D eigenvalue weighted by Gasteiger charge is 2.14. The summed E-state index contributed by atoms with van der Waals surface area (Å²) in [5.41, 5.74) is 1.11. The topological polar surface area (TPSA) is 84.9 Å². The number of benzene rings is 2. The van der Waals surface area contributed by atoms with E-state index < -0.39 is 30.2 Å². The number of likely N-dealkylation sites (N-methyl/N-ethyl adjacent to an activating group) is 1. The summed E-state index contributed by atoms with van der Waals surface area (Å²) in [6.07, 6.45) is 2.74. The van der Waals surface area contributed by atoms with E-state index in [2.05, 4.69) is 5.32 Å². The number of esters is 1. The van der Waals surface area contributed by atoms with Crippen LogP contribution in [0.1, 0.15) is 12.5 Å². The molecule has 0 fully saturated rings. The second kappa shape index (κ2) is 11.4. The average molecular weight is 414 g/mol. The van der Waals surface area contributed by atoms with Crippen molar-refractivity contribution in [2.75, 3.05) is 32.1 Å². The molecule has 0 aliphatic rings. The molecular weight excluding hydrogens is 391 g/mol. The number of carbonyl (C=O) groups is 3. The second-order valence-electron chi connectivity index (χ2n) is 6.22. The van der Waals surface area contributed by atoms with E-state index >= 15 is 0 Å². The lowest BCUT2D eigenvalue weighted by atomic mass is 10.2. The lowest BCUT2D eigenvalue weighted by molar-refractivity contribution is -0.148. The van der Waals surface area contributed by atoms with Crippen molar-refractivity contribution in [2.45, 2.75) is 6.92 Å². The molecule has 2 aromatic carbocycles. The molecule has 0 radical (unpaired) electrons. The molecule has 0 aliphatic carbocycles. The molecule has 0 saturated carbocycles. The smallest absolute Gasteiger partial charge is 0.331 e. The van der Waals surface area contributed by atoms with Gasteiger partial charge in [-0.25, -0.2) is 9.18 Å². The van der Waals surface area contributed by atoms with Crippen molar-refractivity contribution < 1.29 is 28.2 Å². The standard InChI is InChI=1S/C22H23FN2O5/c1-3-29-19-7-5-4-6-16(19)8-13-22(28)30-15-21(27)25(2)14-20(26)24-18-11-9-17(23)10-12-18/h4-13H,3,14-15H2,1-2H3,(H,24,26)/b13-8+. The first kappa shape index (κ1) is 22.6. The van der Waals surface area contributed by atoms with Crippen LogP contribution in [0.15, 0.2) is 54.6 Å². The zero-order valence-electron chi connectivity index (χ0n) is 16.8. The molecule has 0 aromatic heterocycles. The summed E-state index contributed by atoms with van der Waals surface area (Å²) in [5, 5.41) is 2.54. The fourth-order valence-corrected chi connectivity index (χ4v) is 2.39. The Morgan fingerprint density at radius 1 is 1.10 bits per heavy atom. The summed E-state index contributed by atoms with van der Waals surface area (Å²) >= 11 is 0. The van der Waals surface area contributed by atoms with E-state index in [0.29, 0.717) is 23.6 Å². The van der Waals surface area contributed by atoms with E-state index in [1.54, 1.807) is 12.1 Å². The van der Waals surface area contributed by atoms with Crippen LogP contribution in [0.5, 0.6) is 5.75 Å². The van der Waals surface area contributed by atoms with E-state index in [1.807, 2.05) is 19.1 Å². The summed E-state index contributed by atoms with van der Waals surface area (Å²) < 4.78 is 23.3. The lowest BCUT2D eigenvalue weighted by Gasteiger charge is -2.16. The molecule has 2 aromatic rings. The Morgan fingerprint density at radius 2 is 1.80 bits per heavy atom. The van der Waals surface area contributed by atoms with E-state index in [9.17, 15) is 18.8 Å². The first-order chi connectivity index (χ1) is 14.4. The molecule has 7 nitrogen and oxygen atoms in total. The highest BCUT2D eigenvalue weighted by molar-refractivity contribution is 5.95. The summed E-state index contributed by atoms with van der Waals surface area (Å²) in [4.78, 5) is 37.0. The Kier molecular flexibility index (Phi) is 8.56. The van der Waals surface area contributed by atoms with Crippen molar-refractivity contribution >= 4 is 29.5 Å². The number of para-hydroxylation sites is 1. The van der Waals surface area contributed by atoms with Gasteiger partial charge in [-0.05, 0) is 43.3 Å². The highest BCUT2D eigenvalue weighted by Crippen LogP contribution is 2.19. The maximum absolute atomic E-state index is 12.9. The third-order valence-electron chi connectivity index (χ3n) is 3.89. The number of hydrogen-bond donors (Lipinski definition) is 1. The Labute approximate surface area is 174 Å². The molecule has 0 aliphatic heterocycles. The summed E-state index contributed by atoms with van der Waals surface area (Å²) in [7, 11) is 1.41. The van der Waals surface area contributed by atoms with Crippen molar-refractivity contribution in [1.29, 1.82) is 0 Å². The van der Waals surface area contributed by atoms with Gasteiger partial charge in [0.2, 0.25) is 5.91 Å². The maximum atomic E-state index is 12.9. The van der Waals surface area contributed by atoms with Gasteiger partial charge < -0.3 is 19.7 Å². The van der Waals surface area contributed by atoms with Gasteiger partial charge in [-0.15, -0.1) is 0 Å². The van der Waals surface area contributed by atoms with Gasteiger partial charge in [-0.1, -0.05) is 18.2 Å². The third-order valence-corrected chi connectivity index (χ3v) is 3.89. The van der Waals surface area contributed by atoms with Crippen LogP contribution in [0.2, 0.25) is 0 Å². The quantitative estimate of drug-likeness (QED) is 0.504. The summed E-state index contributed by atoms with van der Waals surface area (Å²) in [6, 6.07) is 12.4. The van der Waals surface area contributed by atoms with Crippen LogP contribution in [-0.2, 0) is 19.1 Å². The van der Waals surface area contributed by atoms with Crippen LogP contribution in [-0.4, -0.2) is 49.5 Å². The van der Waals surface area contributed by atoms with Crippen LogP contribution < -0.4 is 10.1 Å². The number of nitrogens with one attached hydrogen (secondary N) is 1. The fraction of sp³-hybridized carbons (Fsp3) is 0.227. The van der Waals surface area contributed by atoms with Crippen LogP contribution in [0.25, 0.3) is 6.08 Å². The number of rotatable bonds is 9. The molecule has 0 saturated heterocycles. The van der Waals surface area contributed by atoms with Crippen molar-refractivity contribution in [3.8, 4) is 5.75 Å². The minimum atomic E-state index is -0.696.